The smallest absolute Gasteiger partial charge is 0.0398 e. The molecule has 1 aliphatic heterocycles. The van der Waals surface area contributed by atoms with Gasteiger partial charge in [0.25, 0.3) is 0 Å². The van der Waals surface area contributed by atoms with Crippen molar-refractivity contribution in [2.75, 3.05) is 24.5 Å². The minimum Gasteiger partial charge on any atom is -0.371 e. The highest BCUT2D eigenvalue weighted by molar-refractivity contribution is 5.55. The van der Waals surface area contributed by atoms with Crippen molar-refractivity contribution in [2.45, 2.75) is 57.9 Å². The highest BCUT2D eigenvalue weighted by Gasteiger charge is 2.27. The summed E-state index contributed by atoms with van der Waals surface area (Å²) in [6.07, 6.45) is 9.43. The van der Waals surface area contributed by atoms with Crippen LogP contribution >= 0.6 is 0 Å². The topological polar surface area (TPSA) is 15.3 Å². The van der Waals surface area contributed by atoms with E-state index in [0.29, 0.717) is 0 Å². The molecule has 1 aromatic rings. The molecule has 2 atom stereocenters. The van der Waals surface area contributed by atoms with E-state index in [0.717, 1.165) is 12.0 Å². The Morgan fingerprint density at radius 2 is 2.10 bits per heavy atom. The first-order valence-electron chi connectivity index (χ1n) is 8.94. The monoisotopic (exact) mass is 286 g/mol. The number of benzene rings is 1. The van der Waals surface area contributed by atoms with Crippen LogP contribution in [0.15, 0.2) is 24.3 Å². The van der Waals surface area contributed by atoms with Gasteiger partial charge in [-0.25, -0.2) is 0 Å². The summed E-state index contributed by atoms with van der Waals surface area (Å²) >= 11 is 0. The normalized spacial score (nSPS) is 25.1. The maximum atomic E-state index is 3.77. The molecule has 21 heavy (non-hydrogen) atoms. The number of aryl methyl sites for hydroxylation is 1. The van der Waals surface area contributed by atoms with Gasteiger partial charge in [-0.2, -0.15) is 0 Å². The van der Waals surface area contributed by atoms with E-state index < -0.39 is 0 Å². The van der Waals surface area contributed by atoms with Crippen molar-refractivity contribution in [1.82, 2.24) is 5.32 Å². The molecule has 1 N–H and O–H groups in total. The molecule has 0 radical (unpaired) electrons. The first-order chi connectivity index (χ1) is 10.4. The van der Waals surface area contributed by atoms with Crippen LogP contribution in [0.1, 0.15) is 51.0 Å². The van der Waals surface area contributed by atoms with Crippen LogP contribution < -0.4 is 10.2 Å². The first-order valence-corrected chi connectivity index (χ1v) is 8.94. The number of para-hydroxylation sites is 1. The second kappa shape index (κ2) is 7.31. The average Bonchev–Trinajstić information content (AvgIpc) is 2.98. The summed E-state index contributed by atoms with van der Waals surface area (Å²) in [5.41, 5.74) is 3.05. The minimum atomic E-state index is 0.782. The third-order valence-corrected chi connectivity index (χ3v) is 5.29. The molecule has 0 aromatic heterocycles. The van der Waals surface area contributed by atoms with E-state index in [1.165, 1.54) is 70.3 Å². The summed E-state index contributed by atoms with van der Waals surface area (Å²) in [4.78, 5) is 2.63. The summed E-state index contributed by atoms with van der Waals surface area (Å²) in [6, 6.07) is 9.78. The quantitative estimate of drug-likeness (QED) is 0.850. The van der Waals surface area contributed by atoms with E-state index in [9.17, 15) is 0 Å². The van der Waals surface area contributed by atoms with Gasteiger partial charge < -0.3 is 10.2 Å². The van der Waals surface area contributed by atoms with Gasteiger partial charge in [0.15, 0.2) is 0 Å². The Bertz CT molecular complexity index is 443. The number of nitrogens with zero attached hydrogens (tertiary/aromatic N) is 1. The van der Waals surface area contributed by atoms with Gasteiger partial charge in [-0.05, 0) is 62.6 Å². The molecule has 1 aromatic carbocycles. The summed E-state index contributed by atoms with van der Waals surface area (Å²) in [5, 5.41) is 3.77. The molecule has 2 unspecified atom stereocenters. The van der Waals surface area contributed by atoms with Crippen molar-refractivity contribution < 1.29 is 0 Å². The van der Waals surface area contributed by atoms with Crippen molar-refractivity contribution >= 4 is 5.69 Å². The van der Waals surface area contributed by atoms with Crippen LogP contribution in [0.3, 0.4) is 0 Å². The fourth-order valence-electron chi connectivity index (χ4n) is 4.15. The average molecular weight is 286 g/mol. The Morgan fingerprint density at radius 3 is 3.00 bits per heavy atom. The molecule has 0 bridgehead atoms. The molecule has 1 heterocycles. The molecular weight excluding hydrogens is 256 g/mol. The maximum Gasteiger partial charge on any atom is 0.0398 e. The fraction of sp³-hybridized carbons (Fsp3) is 0.684. The molecule has 0 spiro atoms. The lowest BCUT2D eigenvalue weighted by Crippen LogP contribution is -2.36. The van der Waals surface area contributed by atoms with Crippen molar-refractivity contribution in [3.05, 3.63) is 29.8 Å². The first kappa shape index (κ1) is 14.9. The predicted octanol–water partition coefficient (Wildman–Crippen LogP) is 4.00. The van der Waals surface area contributed by atoms with Gasteiger partial charge in [-0.1, -0.05) is 31.5 Å². The molecule has 2 heteroatoms. The van der Waals surface area contributed by atoms with E-state index in [2.05, 4.69) is 41.4 Å². The lowest BCUT2D eigenvalue weighted by atomic mass is 9.97. The Labute approximate surface area is 129 Å². The third-order valence-electron chi connectivity index (χ3n) is 5.29. The third kappa shape index (κ3) is 3.60. The second-order valence-electron chi connectivity index (χ2n) is 6.76. The Balaban J connectivity index is 1.56. The van der Waals surface area contributed by atoms with Gasteiger partial charge in [-0.15, -0.1) is 0 Å². The van der Waals surface area contributed by atoms with E-state index in [-0.39, 0.29) is 0 Å². The molecule has 1 saturated carbocycles. The number of anilines is 1. The predicted molar refractivity (Wildman–Crippen MR) is 91.0 cm³/mol. The number of hydrogen-bond donors (Lipinski definition) is 1. The van der Waals surface area contributed by atoms with Crippen molar-refractivity contribution in [1.29, 1.82) is 0 Å². The van der Waals surface area contributed by atoms with Crippen LogP contribution in [0.5, 0.6) is 0 Å². The number of fused-ring (bicyclic) bond motifs is 1. The SMILES string of the molecule is CCCNC1CCCC1CCN1CCCc2ccccc21. The molecule has 116 valence electrons. The van der Waals surface area contributed by atoms with E-state index >= 15 is 0 Å². The molecule has 0 amide bonds. The Kier molecular flexibility index (Phi) is 5.18. The highest BCUT2D eigenvalue weighted by Crippen LogP contribution is 2.31. The van der Waals surface area contributed by atoms with Crippen LogP contribution in [0, 0.1) is 5.92 Å². The van der Waals surface area contributed by atoms with Gasteiger partial charge in [0.05, 0.1) is 0 Å². The number of hydrogen-bond acceptors (Lipinski definition) is 2. The lowest BCUT2D eigenvalue weighted by Gasteiger charge is -2.33. The number of nitrogens with one attached hydrogen (secondary N) is 1. The summed E-state index contributed by atoms with van der Waals surface area (Å²) in [7, 11) is 0. The van der Waals surface area contributed by atoms with Gasteiger partial charge in [0.1, 0.15) is 0 Å². The maximum absolute atomic E-state index is 3.77. The van der Waals surface area contributed by atoms with Crippen LogP contribution in [-0.2, 0) is 6.42 Å². The molecule has 0 saturated heterocycles. The molecule has 1 fully saturated rings. The van der Waals surface area contributed by atoms with Gasteiger partial charge >= 0.3 is 0 Å². The molecule has 2 aliphatic rings. The molecule has 1 aliphatic carbocycles. The molecule has 3 rings (SSSR count). The standard InChI is InChI=1S/C19H30N2/c1-2-13-20-18-10-5-8-16(18)12-15-21-14-6-9-17-7-3-4-11-19(17)21/h3-4,7,11,16,18,20H,2,5-6,8-10,12-15H2,1H3. The van der Waals surface area contributed by atoms with E-state index in [1.807, 2.05) is 0 Å². The summed E-state index contributed by atoms with van der Waals surface area (Å²) in [6.45, 7) is 5.94. The fourth-order valence-corrected chi connectivity index (χ4v) is 4.15. The zero-order valence-corrected chi connectivity index (χ0v) is 13.5. The van der Waals surface area contributed by atoms with Crippen molar-refractivity contribution in [2.24, 2.45) is 5.92 Å². The minimum absolute atomic E-state index is 0.782. The van der Waals surface area contributed by atoms with E-state index in [4.69, 9.17) is 0 Å². The van der Waals surface area contributed by atoms with Gasteiger partial charge in [-0.3, -0.25) is 0 Å². The summed E-state index contributed by atoms with van der Waals surface area (Å²) < 4.78 is 0. The zero-order valence-electron chi connectivity index (χ0n) is 13.5. The molecular formula is C19H30N2. The van der Waals surface area contributed by atoms with Crippen LogP contribution in [0.25, 0.3) is 0 Å². The zero-order chi connectivity index (χ0) is 14.5. The van der Waals surface area contributed by atoms with Crippen molar-refractivity contribution in [3.63, 3.8) is 0 Å². The van der Waals surface area contributed by atoms with Gasteiger partial charge in [0.2, 0.25) is 0 Å². The molecule has 2 nitrogen and oxygen atoms in total. The Morgan fingerprint density at radius 1 is 1.19 bits per heavy atom. The second-order valence-corrected chi connectivity index (χ2v) is 6.76. The van der Waals surface area contributed by atoms with Crippen LogP contribution in [-0.4, -0.2) is 25.7 Å². The van der Waals surface area contributed by atoms with Crippen LogP contribution in [0.4, 0.5) is 5.69 Å². The van der Waals surface area contributed by atoms with Crippen molar-refractivity contribution in [3.8, 4) is 0 Å². The van der Waals surface area contributed by atoms with Crippen LogP contribution in [0.2, 0.25) is 0 Å². The van der Waals surface area contributed by atoms with E-state index in [1.54, 1.807) is 5.56 Å². The van der Waals surface area contributed by atoms with Gasteiger partial charge in [0, 0.05) is 24.8 Å². The number of rotatable bonds is 6. The lowest BCUT2D eigenvalue weighted by molar-refractivity contribution is 0.379. The largest absolute Gasteiger partial charge is 0.371 e. The Hall–Kier alpha value is -1.02. The summed E-state index contributed by atoms with van der Waals surface area (Å²) in [5.74, 6) is 0.894. The highest BCUT2D eigenvalue weighted by atomic mass is 15.1.